The van der Waals surface area contributed by atoms with Crippen LogP contribution in [0.15, 0.2) is 47.3 Å². The number of fused-ring (bicyclic) bond motifs is 1. The van der Waals surface area contributed by atoms with Gasteiger partial charge in [-0.3, -0.25) is 15.1 Å². The summed E-state index contributed by atoms with van der Waals surface area (Å²) >= 11 is 0. The van der Waals surface area contributed by atoms with Crippen molar-refractivity contribution >= 4 is 22.8 Å². The third-order valence-electron chi connectivity index (χ3n) is 7.31. The van der Waals surface area contributed by atoms with Gasteiger partial charge in [0.2, 0.25) is 0 Å². The molecule has 0 spiro atoms. The van der Waals surface area contributed by atoms with Gasteiger partial charge in [-0.25, -0.2) is 9.78 Å². The summed E-state index contributed by atoms with van der Waals surface area (Å²) in [6.45, 7) is 6.15. The van der Waals surface area contributed by atoms with Crippen LogP contribution in [-0.2, 0) is 6.54 Å². The number of aromatic carboxylic acids is 1. The smallest absolute Gasteiger partial charge is 0.335 e. The van der Waals surface area contributed by atoms with Gasteiger partial charge in [0, 0.05) is 29.8 Å². The molecule has 8 nitrogen and oxygen atoms in total. The summed E-state index contributed by atoms with van der Waals surface area (Å²) in [6, 6.07) is 12.8. The van der Waals surface area contributed by atoms with Gasteiger partial charge >= 0.3 is 5.97 Å². The maximum absolute atomic E-state index is 13.6. The number of nitrogens with zero attached hydrogens (tertiary/aromatic N) is 3. The zero-order valence-electron chi connectivity index (χ0n) is 21.0. The number of hydrogen-bond donors (Lipinski definition) is 3. The van der Waals surface area contributed by atoms with E-state index in [-0.39, 0.29) is 22.7 Å². The van der Waals surface area contributed by atoms with Crippen LogP contribution in [0.3, 0.4) is 0 Å². The number of hydrogen-bond acceptors (Lipinski definition) is 5. The summed E-state index contributed by atoms with van der Waals surface area (Å²) in [4.78, 5) is 32.4. The van der Waals surface area contributed by atoms with E-state index in [1.807, 2.05) is 0 Å². The molecule has 8 heteroatoms. The van der Waals surface area contributed by atoms with Crippen LogP contribution in [0.2, 0.25) is 0 Å². The normalized spacial score (nSPS) is 18.4. The van der Waals surface area contributed by atoms with Crippen LogP contribution in [0, 0.1) is 5.41 Å². The molecule has 3 aromatic rings. The average Bonchev–Trinajstić information content (AvgIpc) is 2.86. The Morgan fingerprint density at radius 3 is 2.47 bits per heavy atom. The molecular weight excluding hydrogens is 454 g/mol. The van der Waals surface area contributed by atoms with Crippen molar-refractivity contribution in [3.05, 3.63) is 63.9 Å². The molecule has 4 N–H and O–H groups in total. The van der Waals surface area contributed by atoms with Crippen molar-refractivity contribution in [1.82, 2.24) is 14.5 Å². The number of benzene rings is 2. The highest BCUT2D eigenvalue weighted by Gasteiger charge is 2.23. The van der Waals surface area contributed by atoms with Crippen molar-refractivity contribution in [1.29, 1.82) is 5.41 Å². The fourth-order valence-corrected chi connectivity index (χ4v) is 5.27. The Kier molecular flexibility index (Phi) is 7.84. The van der Waals surface area contributed by atoms with Gasteiger partial charge in [0.25, 0.3) is 5.56 Å². The zero-order chi connectivity index (χ0) is 25.8. The molecule has 0 unspecified atom stereocenters. The molecule has 2 atom stereocenters. The maximum Gasteiger partial charge on any atom is 0.335 e. The number of nitrogen functional groups attached to an aromatic ring is 1. The van der Waals surface area contributed by atoms with E-state index in [0.29, 0.717) is 40.8 Å². The van der Waals surface area contributed by atoms with Gasteiger partial charge in [-0.05, 0) is 70.3 Å². The van der Waals surface area contributed by atoms with Crippen LogP contribution in [0.4, 0.5) is 0 Å². The maximum atomic E-state index is 13.6. The number of aromatic nitrogens is 2. The van der Waals surface area contributed by atoms with Gasteiger partial charge in [0.05, 0.1) is 16.6 Å². The highest BCUT2D eigenvalue weighted by Crippen LogP contribution is 2.24. The summed E-state index contributed by atoms with van der Waals surface area (Å²) < 4.78 is 1.65. The van der Waals surface area contributed by atoms with Gasteiger partial charge in [-0.15, -0.1) is 0 Å². The first-order chi connectivity index (χ1) is 17.3. The van der Waals surface area contributed by atoms with Crippen molar-refractivity contribution in [3.63, 3.8) is 0 Å². The summed E-state index contributed by atoms with van der Waals surface area (Å²) in [5, 5.41) is 17.2. The van der Waals surface area contributed by atoms with Crippen molar-refractivity contribution in [2.45, 2.75) is 71.0 Å². The van der Waals surface area contributed by atoms with Crippen LogP contribution in [-0.4, -0.2) is 50.0 Å². The van der Waals surface area contributed by atoms with Crippen LogP contribution in [0.1, 0.15) is 68.3 Å². The minimum Gasteiger partial charge on any atom is -0.478 e. The first kappa shape index (κ1) is 25.6. The largest absolute Gasteiger partial charge is 0.478 e. The fourth-order valence-electron chi connectivity index (χ4n) is 5.27. The number of amidine groups is 1. The molecule has 1 aromatic heterocycles. The number of likely N-dealkylation sites (tertiary alicyclic amines) is 1. The Labute approximate surface area is 211 Å². The Morgan fingerprint density at radius 2 is 1.78 bits per heavy atom. The molecule has 0 aliphatic carbocycles. The molecule has 1 saturated heterocycles. The zero-order valence-corrected chi connectivity index (χ0v) is 21.0. The molecule has 0 radical (unpaired) electrons. The van der Waals surface area contributed by atoms with Crippen molar-refractivity contribution in [2.24, 2.45) is 5.73 Å². The van der Waals surface area contributed by atoms with E-state index in [1.165, 1.54) is 31.4 Å². The van der Waals surface area contributed by atoms with E-state index in [9.17, 15) is 14.7 Å². The second-order valence-corrected chi connectivity index (χ2v) is 9.85. The Morgan fingerprint density at radius 1 is 1.06 bits per heavy atom. The summed E-state index contributed by atoms with van der Waals surface area (Å²) in [5.41, 5.74) is 7.94. The monoisotopic (exact) mass is 489 g/mol. The first-order valence-electron chi connectivity index (χ1n) is 12.7. The fraction of sp³-hybridized carbons (Fsp3) is 0.429. The molecular formula is C28H35N5O3. The SMILES string of the molecule is C[C@@H]1CCC[C@H](C)N1CCCCCn1c(=O)c(-c2cccc(C(=N)N)c2)nc2ccc(C(=O)O)cc21. The molecule has 1 fully saturated rings. The standard InChI is InChI=1S/C28H35N5O3/c1-18-8-6-9-19(2)32(18)14-4-3-5-15-33-24-17-22(28(35)36)12-13-23(24)31-25(27(33)34)20-10-7-11-21(16-20)26(29)30/h7,10-13,16-19H,3-6,8-9,14-15H2,1-2H3,(H3,29,30)(H,35,36)/t18-,19+. The van der Waals surface area contributed by atoms with Crippen molar-refractivity contribution < 1.29 is 9.90 Å². The minimum absolute atomic E-state index is 0.0820. The van der Waals surface area contributed by atoms with Crippen LogP contribution < -0.4 is 11.3 Å². The summed E-state index contributed by atoms with van der Waals surface area (Å²) in [7, 11) is 0. The van der Waals surface area contributed by atoms with Crippen LogP contribution >= 0.6 is 0 Å². The number of carboxylic acids is 1. The van der Waals surface area contributed by atoms with E-state index in [2.05, 4.69) is 23.7 Å². The molecule has 36 heavy (non-hydrogen) atoms. The highest BCUT2D eigenvalue weighted by molar-refractivity contribution is 5.96. The topological polar surface area (TPSA) is 125 Å². The van der Waals surface area contributed by atoms with Crippen LogP contribution in [0.5, 0.6) is 0 Å². The lowest BCUT2D eigenvalue weighted by molar-refractivity contribution is 0.0697. The molecule has 1 aliphatic heterocycles. The Hall–Kier alpha value is -3.52. The molecule has 2 aromatic carbocycles. The van der Waals surface area contributed by atoms with Crippen molar-refractivity contribution in [3.8, 4) is 11.3 Å². The van der Waals surface area contributed by atoms with E-state index in [4.69, 9.17) is 11.1 Å². The average molecular weight is 490 g/mol. The van der Waals surface area contributed by atoms with Gasteiger partial charge < -0.3 is 15.4 Å². The number of rotatable bonds is 9. The quantitative estimate of drug-likeness (QED) is 0.231. The predicted octanol–water partition coefficient (Wildman–Crippen LogP) is 4.48. The third-order valence-corrected chi connectivity index (χ3v) is 7.31. The molecule has 0 saturated carbocycles. The molecule has 0 amide bonds. The number of nitrogens with two attached hydrogens (primary N) is 1. The highest BCUT2D eigenvalue weighted by atomic mass is 16.4. The second kappa shape index (κ2) is 11.0. The van der Waals surface area contributed by atoms with E-state index in [0.717, 1.165) is 25.8 Å². The molecule has 1 aliphatic rings. The summed E-state index contributed by atoms with van der Waals surface area (Å²) in [6.07, 6.45) is 6.64. The van der Waals surface area contributed by atoms with Gasteiger partial charge in [0.15, 0.2) is 0 Å². The molecule has 0 bridgehead atoms. The number of aryl methyl sites for hydroxylation is 1. The van der Waals surface area contributed by atoms with Gasteiger partial charge in [-0.2, -0.15) is 0 Å². The predicted molar refractivity (Wildman–Crippen MR) is 143 cm³/mol. The third kappa shape index (κ3) is 5.49. The number of carboxylic acid groups (broad SMARTS) is 1. The number of nitrogens with one attached hydrogen (secondary N) is 1. The lowest BCUT2D eigenvalue weighted by atomic mass is 9.97. The number of piperidine rings is 1. The first-order valence-corrected chi connectivity index (χ1v) is 12.7. The minimum atomic E-state index is -1.04. The Bertz CT molecular complexity index is 1320. The Balaban J connectivity index is 1.61. The van der Waals surface area contributed by atoms with Crippen molar-refractivity contribution in [2.75, 3.05) is 6.54 Å². The van der Waals surface area contributed by atoms with Gasteiger partial charge in [0.1, 0.15) is 11.5 Å². The number of unbranched alkanes of at least 4 members (excludes halogenated alkanes) is 2. The lowest BCUT2D eigenvalue weighted by Crippen LogP contribution is -2.44. The molecule has 4 rings (SSSR count). The van der Waals surface area contributed by atoms with E-state index < -0.39 is 5.97 Å². The lowest BCUT2D eigenvalue weighted by Gasteiger charge is -2.39. The molecule has 190 valence electrons. The van der Waals surface area contributed by atoms with Crippen LogP contribution in [0.25, 0.3) is 22.3 Å². The van der Waals surface area contributed by atoms with E-state index >= 15 is 0 Å². The van der Waals surface area contributed by atoms with Gasteiger partial charge in [-0.1, -0.05) is 31.0 Å². The van der Waals surface area contributed by atoms with E-state index in [1.54, 1.807) is 34.9 Å². The number of carbonyl (C=O) groups is 1. The molecule has 2 heterocycles. The summed E-state index contributed by atoms with van der Waals surface area (Å²) in [5.74, 6) is -1.12. The second-order valence-electron chi connectivity index (χ2n) is 9.85.